The molecule has 1 spiro atoms. The molecule has 2 aliphatic rings. The Hall–Kier alpha value is -3.15. The lowest BCUT2D eigenvalue weighted by atomic mass is 9.92. The van der Waals surface area contributed by atoms with Crippen LogP contribution < -0.4 is 10.2 Å². The maximum Gasteiger partial charge on any atom is 0.332 e. The molecule has 6 heteroatoms. The molecule has 34 heavy (non-hydrogen) atoms. The van der Waals surface area contributed by atoms with Crippen LogP contribution in [0, 0.1) is 6.92 Å². The molecule has 6 nitrogen and oxygen atoms in total. The first-order valence-corrected chi connectivity index (χ1v) is 12.3. The molecule has 0 radical (unpaired) electrons. The second-order valence-corrected chi connectivity index (χ2v) is 10.3. The number of para-hydroxylation sites is 1. The van der Waals surface area contributed by atoms with Gasteiger partial charge in [0.15, 0.2) is 0 Å². The van der Waals surface area contributed by atoms with E-state index in [1.807, 2.05) is 49.4 Å². The summed E-state index contributed by atoms with van der Waals surface area (Å²) < 4.78 is 0. The van der Waals surface area contributed by atoms with Gasteiger partial charge in [-0.15, -0.1) is 0 Å². The van der Waals surface area contributed by atoms with E-state index in [9.17, 15) is 14.4 Å². The van der Waals surface area contributed by atoms with E-state index in [0.29, 0.717) is 18.5 Å². The summed E-state index contributed by atoms with van der Waals surface area (Å²) in [6.45, 7) is 10.1. The average Bonchev–Trinajstić information content (AvgIpc) is 3.35. The van der Waals surface area contributed by atoms with E-state index >= 15 is 0 Å². The van der Waals surface area contributed by atoms with Crippen molar-refractivity contribution < 1.29 is 14.4 Å². The highest BCUT2D eigenvalue weighted by Crippen LogP contribution is 2.44. The number of carbonyl (C=O) groups is 3. The lowest BCUT2D eigenvalue weighted by Crippen LogP contribution is -2.47. The van der Waals surface area contributed by atoms with Crippen LogP contribution in [0.3, 0.4) is 0 Å². The molecule has 2 aromatic carbocycles. The zero-order valence-corrected chi connectivity index (χ0v) is 20.9. The average molecular weight is 462 g/mol. The van der Waals surface area contributed by atoms with Gasteiger partial charge < -0.3 is 5.32 Å². The summed E-state index contributed by atoms with van der Waals surface area (Å²) in [4.78, 5) is 43.2. The summed E-state index contributed by atoms with van der Waals surface area (Å²) in [5.41, 5.74) is 3.80. The van der Waals surface area contributed by atoms with E-state index < -0.39 is 11.6 Å². The summed E-state index contributed by atoms with van der Waals surface area (Å²) >= 11 is 0. The molecule has 1 N–H and O–H groups in total. The minimum absolute atomic E-state index is 0.225. The topological polar surface area (TPSA) is 69.7 Å². The molecule has 2 aromatic rings. The van der Waals surface area contributed by atoms with Gasteiger partial charge in [-0.05, 0) is 54.9 Å². The molecule has 1 aliphatic heterocycles. The molecule has 1 heterocycles. The number of rotatable bonds is 6. The van der Waals surface area contributed by atoms with Crippen LogP contribution in [0.15, 0.2) is 42.5 Å². The van der Waals surface area contributed by atoms with Crippen molar-refractivity contribution in [2.45, 2.75) is 77.7 Å². The SMILES string of the molecule is Cc1ccc(N2C(=O)N(CC(=O)Nc3c(C(C)C)cccc3C(C)C)C(=O)C23CCCC3)cc1. The van der Waals surface area contributed by atoms with Crippen LogP contribution in [0.2, 0.25) is 0 Å². The highest BCUT2D eigenvalue weighted by molar-refractivity contribution is 6.18. The van der Waals surface area contributed by atoms with E-state index in [-0.39, 0.29) is 30.2 Å². The first-order chi connectivity index (χ1) is 16.2. The summed E-state index contributed by atoms with van der Waals surface area (Å²) in [5.74, 6) is -0.159. The van der Waals surface area contributed by atoms with Gasteiger partial charge in [0.1, 0.15) is 12.1 Å². The molecule has 0 aromatic heterocycles. The fraction of sp³-hybridized carbons (Fsp3) is 0.464. The van der Waals surface area contributed by atoms with Gasteiger partial charge in [0, 0.05) is 11.4 Å². The van der Waals surface area contributed by atoms with Crippen LogP contribution in [0.4, 0.5) is 16.2 Å². The third-order valence-corrected chi connectivity index (χ3v) is 7.16. The standard InChI is InChI=1S/C28H35N3O3/c1-18(2)22-9-8-10-23(19(3)4)25(22)29-24(32)17-30-26(33)28(15-6-7-16-28)31(27(30)34)21-13-11-20(5)12-14-21/h8-14,18-19H,6-7,15-17H2,1-5H3,(H,29,32). The van der Waals surface area contributed by atoms with E-state index in [4.69, 9.17) is 0 Å². The molecular weight excluding hydrogens is 426 g/mol. The molecule has 1 saturated carbocycles. The zero-order chi connectivity index (χ0) is 24.6. The molecule has 0 atom stereocenters. The van der Waals surface area contributed by atoms with Crippen LogP contribution in [0.5, 0.6) is 0 Å². The van der Waals surface area contributed by atoms with Crippen LogP contribution in [-0.4, -0.2) is 34.8 Å². The Bertz CT molecular complexity index is 1070. The lowest BCUT2D eigenvalue weighted by molar-refractivity contribution is -0.133. The molecule has 180 valence electrons. The zero-order valence-electron chi connectivity index (χ0n) is 20.9. The highest BCUT2D eigenvalue weighted by atomic mass is 16.2. The number of aryl methyl sites for hydroxylation is 1. The van der Waals surface area contributed by atoms with Crippen LogP contribution in [-0.2, 0) is 9.59 Å². The highest BCUT2D eigenvalue weighted by Gasteiger charge is 2.59. The van der Waals surface area contributed by atoms with E-state index in [1.165, 1.54) is 0 Å². The van der Waals surface area contributed by atoms with E-state index in [2.05, 4.69) is 33.0 Å². The fourth-order valence-corrected chi connectivity index (χ4v) is 5.34. The summed E-state index contributed by atoms with van der Waals surface area (Å²) in [5, 5.41) is 3.05. The first kappa shape index (κ1) is 24.0. The number of amides is 4. The predicted molar refractivity (Wildman–Crippen MR) is 135 cm³/mol. The summed E-state index contributed by atoms with van der Waals surface area (Å²) in [6.07, 6.45) is 3.02. The summed E-state index contributed by atoms with van der Waals surface area (Å²) in [7, 11) is 0. The Morgan fingerprint density at radius 3 is 2.03 bits per heavy atom. The Balaban J connectivity index is 1.62. The smallest absolute Gasteiger partial charge is 0.324 e. The number of anilines is 2. The van der Waals surface area contributed by atoms with Crippen LogP contribution in [0.1, 0.15) is 81.9 Å². The Morgan fingerprint density at radius 1 is 0.941 bits per heavy atom. The maximum atomic E-state index is 13.6. The molecule has 4 amide bonds. The largest absolute Gasteiger partial charge is 0.332 e. The van der Waals surface area contributed by atoms with Crippen molar-refractivity contribution in [2.24, 2.45) is 0 Å². The van der Waals surface area contributed by atoms with Crippen molar-refractivity contribution in [3.8, 4) is 0 Å². The quantitative estimate of drug-likeness (QED) is 0.540. The van der Waals surface area contributed by atoms with Crippen LogP contribution >= 0.6 is 0 Å². The van der Waals surface area contributed by atoms with Gasteiger partial charge >= 0.3 is 6.03 Å². The minimum Gasteiger partial charge on any atom is -0.324 e. The molecule has 4 rings (SSSR count). The number of benzene rings is 2. The molecular formula is C28H35N3O3. The van der Waals surface area contributed by atoms with Crippen LogP contribution in [0.25, 0.3) is 0 Å². The van der Waals surface area contributed by atoms with Gasteiger partial charge in [-0.3, -0.25) is 19.4 Å². The normalized spacial score (nSPS) is 17.5. The number of urea groups is 1. The Labute approximate surface area is 202 Å². The van der Waals surface area contributed by atoms with Gasteiger partial charge in [-0.2, -0.15) is 0 Å². The van der Waals surface area contributed by atoms with E-state index in [1.54, 1.807) is 4.90 Å². The molecule has 2 fully saturated rings. The van der Waals surface area contributed by atoms with E-state index in [0.717, 1.165) is 40.1 Å². The lowest BCUT2D eigenvalue weighted by Gasteiger charge is -2.31. The van der Waals surface area contributed by atoms with Crippen molar-refractivity contribution >= 4 is 29.2 Å². The first-order valence-electron chi connectivity index (χ1n) is 12.3. The Morgan fingerprint density at radius 2 is 1.50 bits per heavy atom. The number of carbonyl (C=O) groups excluding carboxylic acids is 3. The van der Waals surface area contributed by atoms with Gasteiger partial charge in [0.2, 0.25) is 5.91 Å². The van der Waals surface area contributed by atoms with Gasteiger partial charge in [-0.25, -0.2) is 4.79 Å². The molecule has 1 saturated heterocycles. The summed E-state index contributed by atoms with van der Waals surface area (Å²) in [6, 6.07) is 13.3. The predicted octanol–water partition coefficient (Wildman–Crippen LogP) is 5.96. The second-order valence-electron chi connectivity index (χ2n) is 10.3. The second kappa shape index (κ2) is 9.24. The monoisotopic (exact) mass is 461 g/mol. The number of hydrogen-bond donors (Lipinski definition) is 1. The van der Waals surface area contributed by atoms with Gasteiger partial charge in [0.25, 0.3) is 5.91 Å². The van der Waals surface area contributed by atoms with Crippen molar-refractivity contribution in [1.29, 1.82) is 0 Å². The fourth-order valence-electron chi connectivity index (χ4n) is 5.34. The third kappa shape index (κ3) is 4.10. The van der Waals surface area contributed by atoms with Crippen molar-refractivity contribution in [2.75, 3.05) is 16.8 Å². The van der Waals surface area contributed by atoms with Crippen molar-refractivity contribution in [3.63, 3.8) is 0 Å². The maximum absolute atomic E-state index is 13.6. The molecule has 0 bridgehead atoms. The number of nitrogens with zero attached hydrogens (tertiary/aromatic N) is 2. The van der Waals surface area contributed by atoms with Crippen molar-refractivity contribution in [1.82, 2.24) is 4.90 Å². The van der Waals surface area contributed by atoms with Gasteiger partial charge in [-0.1, -0.05) is 76.4 Å². The number of hydrogen-bond acceptors (Lipinski definition) is 3. The Kier molecular flexibility index (Phi) is 6.52. The number of imide groups is 1. The third-order valence-electron chi connectivity index (χ3n) is 7.16. The number of nitrogens with one attached hydrogen (secondary N) is 1. The minimum atomic E-state index is -0.883. The molecule has 0 unspecified atom stereocenters. The molecule has 1 aliphatic carbocycles. The van der Waals surface area contributed by atoms with Crippen molar-refractivity contribution in [3.05, 3.63) is 59.2 Å². The van der Waals surface area contributed by atoms with Gasteiger partial charge in [0.05, 0.1) is 0 Å².